The van der Waals surface area contributed by atoms with E-state index in [1.165, 1.54) is 19.3 Å². The Labute approximate surface area is 87.4 Å². The van der Waals surface area contributed by atoms with Crippen LogP contribution in [0.15, 0.2) is 0 Å². The van der Waals surface area contributed by atoms with Crippen LogP contribution in [-0.2, 0) is 4.74 Å². The highest BCUT2D eigenvalue weighted by molar-refractivity contribution is 4.85. The molecule has 1 aliphatic rings. The van der Waals surface area contributed by atoms with Gasteiger partial charge in [0, 0.05) is 13.2 Å². The molecule has 0 aliphatic heterocycles. The molecule has 3 heteroatoms. The van der Waals surface area contributed by atoms with Crippen LogP contribution in [0, 0.1) is 5.92 Å². The van der Waals surface area contributed by atoms with Gasteiger partial charge in [-0.2, -0.15) is 0 Å². The van der Waals surface area contributed by atoms with Crippen LogP contribution >= 0.6 is 0 Å². The molecule has 1 saturated carbocycles. The van der Waals surface area contributed by atoms with Gasteiger partial charge in [-0.1, -0.05) is 12.8 Å². The van der Waals surface area contributed by atoms with Crippen LogP contribution < -0.4 is 11.1 Å². The summed E-state index contributed by atoms with van der Waals surface area (Å²) in [5.74, 6) is 0.983. The Morgan fingerprint density at radius 3 is 2.71 bits per heavy atom. The lowest BCUT2D eigenvalue weighted by Crippen LogP contribution is -2.52. The first-order valence-electron chi connectivity index (χ1n) is 5.73. The third-order valence-corrected chi connectivity index (χ3v) is 2.88. The molecule has 0 bridgehead atoms. The average Bonchev–Trinajstić information content (AvgIpc) is 2.99. The zero-order valence-electron chi connectivity index (χ0n) is 9.51. The molecule has 0 spiro atoms. The van der Waals surface area contributed by atoms with Gasteiger partial charge in [-0.05, 0) is 32.7 Å². The Kier molecular flexibility index (Phi) is 4.85. The Hall–Kier alpha value is -0.120. The monoisotopic (exact) mass is 200 g/mol. The van der Waals surface area contributed by atoms with Crippen molar-refractivity contribution in [2.75, 3.05) is 26.3 Å². The predicted molar refractivity (Wildman–Crippen MR) is 59.3 cm³/mol. The van der Waals surface area contributed by atoms with E-state index in [1.54, 1.807) is 0 Å². The topological polar surface area (TPSA) is 47.3 Å². The Bertz CT molecular complexity index is 159. The van der Waals surface area contributed by atoms with Crippen molar-refractivity contribution in [2.24, 2.45) is 11.7 Å². The highest BCUT2D eigenvalue weighted by Crippen LogP contribution is 2.31. The molecule has 0 aromatic heterocycles. The highest BCUT2D eigenvalue weighted by Gasteiger charge is 2.24. The van der Waals surface area contributed by atoms with E-state index in [1.807, 2.05) is 6.92 Å². The van der Waals surface area contributed by atoms with Crippen molar-refractivity contribution in [3.05, 3.63) is 0 Å². The van der Waals surface area contributed by atoms with E-state index in [0.29, 0.717) is 13.2 Å². The second-order valence-electron chi connectivity index (χ2n) is 4.56. The van der Waals surface area contributed by atoms with Crippen molar-refractivity contribution in [1.29, 1.82) is 0 Å². The summed E-state index contributed by atoms with van der Waals surface area (Å²) < 4.78 is 5.42. The van der Waals surface area contributed by atoms with Crippen molar-refractivity contribution >= 4 is 0 Å². The minimum absolute atomic E-state index is 0.0368. The molecular formula is C11H24N2O. The number of ether oxygens (including phenoxy) is 1. The second kappa shape index (κ2) is 5.69. The van der Waals surface area contributed by atoms with Gasteiger partial charge in [0.1, 0.15) is 0 Å². The van der Waals surface area contributed by atoms with Crippen molar-refractivity contribution in [1.82, 2.24) is 5.32 Å². The van der Waals surface area contributed by atoms with E-state index in [4.69, 9.17) is 10.5 Å². The second-order valence-corrected chi connectivity index (χ2v) is 4.56. The molecule has 3 N–H and O–H groups in total. The molecule has 84 valence electrons. The number of nitrogens with one attached hydrogen (secondary N) is 1. The summed E-state index contributed by atoms with van der Waals surface area (Å²) in [6, 6.07) is 0. The van der Waals surface area contributed by atoms with Crippen molar-refractivity contribution in [2.45, 2.75) is 38.6 Å². The molecule has 0 aromatic rings. The lowest BCUT2D eigenvalue weighted by atomic mass is 10.0. The molecule has 1 fully saturated rings. The number of rotatable bonds is 8. The summed E-state index contributed by atoms with van der Waals surface area (Å²) in [7, 11) is 0. The van der Waals surface area contributed by atoms with Crippen molar-refractivity contribution in [3.8, 4) is 0 Å². The largest absolute Gasteiger partial charge is 0.380 e. The first-order chi connectivity index (χ1) is 6.70. The van der Waals surface area contributed by atoms with Crippen LogP contribution in [0.5, 0.6) is 0 Å². The maximum atomic E-state index is 5.74. The van der Waals surface area contributed by atoms with Crippen LogP contribution in [-0.4, -0.2) is 31.8 Å². The maximum absolute atomic E-state index is 5.74. The van der Waals surface area contributed by atoms with E-state index in [0.717, 1.165) is 19.1 Å². The van der Waals surface area contributed by atoms with Crippen LogP contribution in [0.1, 0.15) is 33.1 Å². The molecule has 1 rings (SSSR count). The molecule has 1 aliphatic carbocycles. The molecular weight excluding hydrogens is 176 g/mol. The zero-order valence-corrected chi connectivity index (χ0v) is 9.51. The van der Waals surface area contributed by atoms with Gasteiger partial charge >= 0.3 is 0 Å². The molecule has 3 nitrogen and oxygen atoms in total. The fourth-order valence-corrected chi connectivity index (χ4v) is 1.49. The highest BCUT2D eigenvalue weighted by atomic mass is 16.5. The summed E-state index contributed by atoms with van der Waals surface area (Å²) in [5, 5.41) is 3.50. The Morgan fingerprint density at radius 1 is 1.50 bits per heavy atom. The lowest BCUT2D eigenvalue weighted by Gasteiger charge is -2.29. The van der Waals surface area contributed by atoms with Gasteiger partial charge in [0.2, 0.25) is 0 Å². The molecule has 14 heavy (non-hydrogen) atoms. The molecule has 0 radical (unpaired) electrons. The fourth-order valence-electron chi connectivity index (χ4n) is 1.49. The standard InChI is InChI=1S/C11H24N2O/c1-3-14-9-11(2,8-12)13-7-6-10-4-5-10/h10,13H,3-9,12H2,1-2H3. The summed E-state index contributed by atoms with van der Waals surface area (Å²) in [5.41, 5.74) is 5.70. The van der Waals surface area contributed by atoms with Gasteiger partial charge in [0.25, 0.3) is 0 Å². The van der Waals surface area contributed by atoms with E-state index in [9.17, 15) is 0 Å². The SMILES string of the molecule is CCOCC(C)(CN)NCCC1CC1. The first-order valence-corrected chi connectivity index (χ1v) is 5.73. The number of hydrogen-bond acceptors (Lipinski definition) is 3. The quantitative estimate of drug-likeness (QED) is 0.617. The molecule has 1 unspecified atom stereocenters. The predicted octanol–water partition coefficient (Wildman–Crippen LogP) is 1.13. The molecule has 0 aromatic carbocycles. The Balaban J connectivity index is 2.12. The number of hydrogen-bond donors (Lipinski definition) is 2. The van der Waals surface area contributed by atoms with E-state index in [-0.39, 0.29) is 5.54 Å². The first kappa shape index (κ1) is 12.0. The van der Waals surface area contributed by atoms with Gasteiger partial charge in [-0.15, -0.1) is 0 Å². The summed E-state index contributed by atoms with van der Waals surface area (Å²) in [4.78, 5) is 0. The van der Waals surface area contributed by atoms with Crippen LogP contribution in [0.3, 0.4) is 0 Å². The third kappa shape index (κ3) is 4.40. The number of nitrogens with two attached hydrogens (primary N) is 1. The third-order valence-electron chi connectivity index (χ3n) is 2.88. The van der Waals surface area contributed by atoms with Crippen LogP contribution in [0.25, 0.3) is 0 Å². The zero-order chi connectivity index (χ0) is 10.4. The van der Waals surface area contributed by atoms with Crippen LogP contribution in [0.4, 0.5) is 0 Å². The molecule has 0 saturated heterocycles. The summed E-state index contributed by atoms with van der Waals surface area (Å²) >= 11 is 0. The van der Waals surface area contributed by atoms with Gasteiger partial charge in [0.15, 0.2) is 0 Å². The van der Waals surface area contributed by atoms with E-state index in [2.05, 4.69) is 12.2 Å². The van der Waals surface area contributed by atoms with E-state index >= 15 is 0 Å². The average molecular weight is 200 g/mol. The molecule has 0 amide bonds. The van der Waals surface area contributed by atoms with Gasteiger partial charge in [-0.25, -0.2) is 0 Å². The summed E-state index contributed by atoms with van der Waals surface area (Å²) in [6.07, 6.45) is 4.14. The van der Waals surface area contributed by atoms with Crippen molar-refractivity contribution < 1.29 is 4.74 Å². The molecule has 1 atom stereocenters. The summed E-state index contributed by atoms with van der Waals surface area (Å²) in [6.45, 7) is 7.34. The lowest BCUT2D eigenvalue weighted by molar-refractivity contribution is 0.0873. The van der Waals surface area contributed by atoms with Gasteiger partial charge in [0.05, 0.1) is 12.1 Å². The normalized spacial score (nSPS) is 20.8. The minimum Gasteiger partial charge on any atom is -0.380 e. The smallest absolute Gasteiger partial charge is 0.0657 e. The van der Waals surface area contributed by atoms with Gasteiger partial charge in [-0.3, -0.25) is 0 Å². The molecule has 0 heterocycles. The maximum Gasteiger partial charge on any atom is 0.0657 e. The van der Waals surface area contributed by atoms with Crippen molar-refractivity contribution in [3.63, 3.8) is 0 Å². The van der Waals surface area contributed by atoms with Crippen LogP contribution in [0.2, 0.25) is 0 Å². The minimum atomic E-state index is -0.0368. The van der Waals surface area contributed by atoms with E-state index < -0.39 is 0 Å². The Morgan fingerprint density at radius 2 is 2.21 bits per heavy atom. The fraction of sp³-hybridized carbons (Fsp3) is 1.00. The van der Waals surface area contributed by atoms with Gasteiger partial charge < -0.3 is 15.8 Å².